The van der Waals surface area contributed by atoms with Gasteiger partial charge in [0.15, 0.2) is 11.2 Å². The lowest BCUT2D eigenvalue weighted by Crippen LogP contribution is -2.05. The van der Waals surface area contributed by atoms with Gasteiger partial charge in [0.2, 0.25) is 0 Å². The summed E-state index contributed by atoms with van der Waals surface area (Å²) >= 11 is 4.69. The molecule has 0 atom stereocenters. The highest BCUT2D eigenvalue weighted by molar-refractivity contribution is 9.10. The lowest BCUT2D eigenvalue weighted by molar-refractivity contribution is 0.105. The third-order valence-corrected chi connectivity index (χ3v) is 6.04. The number of aryl methyl sites for hydroxylation is 1. The van der Waals surface area contributed by atoms with Crippen molar-refractivity contribution < 1.29 is 13.6 Å². The number of aromatic nitrogens is 1. The summed E-state index contributed by atoms with van der Waals surface area (Å²) in [6.07, 6.45) is 3.96. The van der Waals surface area contributed by atoms with Crippen LogP contribution in [0.1, 0.15) is 20.9 Å². The molecule has 0 saturated heterocycles. The minimum Gasteiger partial charge on any atom is -0.463 e. The van der Waals surface area contributed by atoms with Crippen molar-refractivity contribution in [1.29, 1.82) is 0 Å². The Balaban J connectivity index is 1.64. The summed E-state index contributed by atoms with van der Waals surface area (Å²) in [5.74, 6) is -0.787. The number of carbonyl (C=O) groups is 1. The number of thiazole rings is 1. The number of hydrogen-bond donors (Lipinski definition) is 0. The summed E-state index contributed by atoms with van der Waals surface area (Å²) in [5, 5.41) is 0.874. The fourth-order valence-corrected chi connectivity index (χ4v) is 4.07. The number of rotatable bonds is 4. The molecule has 2 aromatic carbocycles. The van der Waals surface area contributed by atoms with Crippen molar-refractivity contribution in [3.63, 3.8) is 0 Å². The normalized spacial score (nSPS) is 11.4. The quantitative estimate of drug-likeness (QED) is 0.270. The monoisotopic (exact) mass is 469 g/mol. The van der Waals surface area contributed by atoms with Crippen LogP contribution in [-0.2, 0) is 0 Å². The average molecular weight is 470 g/mol. The standard InChI is InChI=1S/C22H13BrFNO3S/c1-12-21(29-22(25-12)13-2-5-15(23)6-3-13)18(26)8-4-14-11-28-19-9-7-16(24)10-17(19)20(14)27/h2-11H,1H3/b8-4+. The maximum Gasteiger partial charge on any atom is 0.199 e. The molecule has 4 nitrogen and oxygen atoms in total. The molecule has 0 aliphatic rings. The van der Waals surface area contributed by atoms with E-state index in [2.05, 4.69) is 20.9 Å². The Hall–Kier alpha value is -2.90. The van der Waals surface area contributed by atoms with Gasteiger partial charge in [-0.3, -0.25) is 9.59 Å². The van der Waals surface area contributed by atoms with Crippen LogP contribution in [0.25, 0.3) is 27.6 Å². The summed E-state index contributed by atoms with van der Waals surface area (Å²) in [6, 6.07) is 11.4. The molecule has 7 heteroatoms. The van der Waals surface area contributed by atoms with E-state index in [4.69, 9.17) is 4.42 Å². The molecule has 0 fully saturated rings. The zero-order valence-corrected chi connectivity index (χ0v) is 17.5. The van der Waals surface area contributed by atoms with Crippen molar-refractivity contribution in [2.45, 2.75) is 6.92 Å². The first kappa shape index (κ1) is 19.4. The molecule has 2 heterocycles. The molecule has 0 aliphatic carbocycles. The van der Waals surface area contributed by atoms with Crippen molar-refractivity contribution in [1.82, 2.24) is 4.98 Å². The number of carbonyl (C=O) groups excluding carboxylic acids is 1. The Morgan fingerprint density at radius 1 is 1.21 bits per heavy atom. The second kappa shape index (κ2) is 7.85. The molecule has 0 saturated carbocycles. The highest BCUT2D eigenvalue weighted by Gasteiger charge is 2.15. The zero-order chi connectivity index (χ0) is 20.5. The van der Waals surface area contributed by atoms with Gasteiger partial charge in [-0.2, -0.15) is 0 Å². The first-order valence-corrected chi connectivity index (χ1v) is 10.2. The van der Waals surface area contributed by atoms with E-state index in [1.54, 1.807) is 6.92 Å². The minimum atomic E-state index is -0.525. The molecule has 4 aromatic rings. The van der Waals surface area contributed by atoms with Gasteiger partial charge in [0.25, 0.3) is 0 Å². The van der Waals surface area contributed by atoms with Crippen LogP contribution in [0.15, 0.2) is 68.5 Å². The smallest absolute Gasteiger partial charge is 0.199 e. The van der Waals surface area contributed by atoms with Crippen LogP contribution in [0.2, 0.25) is 0 Å². The van der Waals surface area contributed by atoms with E-state index in [9.17, 15) is 14.0 Å². The molecule has 0 spiro atoms. The number of hydrogen-bond acceptors (Lipinski definition) is 5. The molecule has 0 radical (unpaired) electrons. The Bertz CT molecular complexity index is 1320. The topological polar surface area (TPSA) is 60.2 Å². The van der Waals surface area contributed by atoms with Crippen molar-refractivity contribution in [2.75, 3.05) is 0 Å². The number of halogens is 2. The zero-order valence-electron chi connectivity index (χ0n) is 15.1. The van der Waals surface area contributed by atoms with E-state index < -0.39 is 11.2 Å². The Labute approximate surface area is 177 Å². The third-order valence-electron chi connectivity index (χ3n) is 4.29. The third kappa shape index (κ3) is 3.97. The van der Waals surface area contributed by atoms with E-state index in [0.29, 0.717) is 10.6 Å². The van der Waals surface area contributed by atoms with Gasteiger partial charge in [-0.1, -0.05) is 28.1 Å². The van der Waals surface area contributed by atoms with E-state index in [0.717, 1.165) is 21.1 Å². The lowest BCUT2D eigenvalue weighted by Gasteiger charge is -1.98. The summed E-state index contributed by atoms with van der Waals surface area (Å²) in [7, 11) is 0. The Morgan fingerprint density at radius 2 is 1.97 bits per heavy atom. The number of benzene rings is 2. The van der Waals surface area contributed by atoms with Gasteiger partial charge >= 0.3 is 0 Å². The summed E-state index contributed by atoms with van der Waals surface area (Å²) in [5.41, 5.74) is 1.60. The maximum atomic E-state index is 13.4. The fourth-order valence-electron chi connectivity index (χ4n) is 2.82. The van der Waals surface area contributed by atoms with Gasteiger partial charge in [0, 0.05) is 10.0 Å². The fraction of sp³-hybridized carbons (Fsp3) is 0.0455. The van der Waals surface area contributed by atoms with Gasteiger partial charge < -0.3 is 4.42 Å². The van der Waals surface area contributed by atoms with Crippen molar-refractivity contribution in [3.8, 4) is 10.6 Å². The van der Waals surface area contributed by atoms with E-state index in [1.165, 1.54) is 41.9 Å². The van der Waals surface area contributed by atoms with Crippen molar-refractivity contribution in [3.05, 3.63) is 91.5 Å². The maximum absolute atomic E-state index is 13.4. The van der Waals surface area contributed by atoms with Gasteiger partial charge in [0.1, 0.15) is 22.7 Å². The second-order valence-corrected chi connectivity index (χ2v) is 8.21. The second-order valence-electron chi connectivity index (χ2n) is 6.30. The van der Waals surface area contributed by atoms with E-state index in [-0.39, 0.29) is 22.3 Å². The van der Waals surface area contributed by atoms with E-state index in [1.807, 2.05) is 24.3 Å². The van der Waals surface area contributed by atoms with Crippen LogP contribution < -0.4 is 5.43 Å². The summed E-state index contributed by atoms with van der Waals surface area (Å²) in [6.45, 7) is 1.77. The van der Waals surface area contributed by atoms with Gasteiger partial charge in [-0.15, -0.1) is 11.3 Å². The lowest BCUT2D eigenvalue weighted by atomic mass is 10.1. The van der Waals surface area contributed by atoms with Gasteiger partial charge in [-0.05, 0) is 49.4 Å². The van der Waals surface area contributed by atoms with Crippen molar-refractivity contribution in [2.24, 2.45) is 0 Å². The van der Waals surface area contributed by atoms with Crippen LogP contribution in [0.3, 0.4) is 0 Å². The molecule has 0 bridgehead atoms. The van der Waals surface area contributed by atoms with Crippen LogP contribution >= 0.6 is 27.3 Å². The predicted octanol–water partition coefficient (Wildman–Crippen LogP) is 6.02. The molecular weight excluding hydrogens is 457 g/mol. The predicted molar refractivity (Wildman–Crippen MR) is 116 cm³/mol. The first-order valence-electron chi connectivity index (χ1n) is 8.59. The number of ketones is 1. The minimum absolute atomic E-state index is 0.131. The molecule has 144 valence electrons. The van der Waals surface area contributed by atoms with Crippen LogP contribution in [-0.4, -0.2) is 10.8 Å². The largest absolute Gasteiger partial charge is 0.463 e. The molecule has 29 heavy (non-hydrogen) atoms. The molecular formula is C22H13BrFNO3S. The summed E-state index contributed by atoms with van der Waals surface area (Å²) < 4.78 is 19.8. The Kier molecular flexibility index (Phi) is 5.25. The molecule has 0 amide bonds. The van der Waals surface area contributed by atoms with Crippen molar-refractivity contribution >= 4 is 50.1 Å². The SMILES string of the molecule is Cc1nc(-c2ccc(Br)cc2)sc1C(=O)/C=C/c1coc2ccc(F)cc2c1=O. The number of allylic oxidation sites excluding steroid dienone is 1. The van der Waals surface area contributed by atoms with Gasteiger partial charge in [0.05, 0.1) is 21.5 Å². The molecule has 4 rings (SSSR count). The first-order chi connectivity index (χ1) is 13.9. The molecule has 2 aromatic heterocycles. The number of nitrogens with zero attached hydrogens (tertiary/aromatic N) is 1. The van der Waals surface area contributed by atoms with Gasteiger partial charge in [-0.25, -0.2) is 9.37 Å². The molecule has 0 N–H and O–H groups in total. The van der Waals surface area contributed by atoms with Crippen LogP contribution in [0.4, 0.5) is 4.39 Å². The molecule has 0 aliphatic heterocycles. The van der Waals surface area contributed by atoms with Crippen LogP contribution in [0.5, 0.6) is 0 Å². The number of fused-ring (bicyclic) bond motifs is 1. The highest BCUT2D eigenvalue weighted by Crippen LogP contribution is 2.29. The Morgan fingerprint density at radius 3 is 2.72 bits per heavy atom. The average Bonchev–Trinajstić information content (AvgIpc) is 3.10. The summed E-state index contributed by atoms with van der Waals surface area (Å²) in [4.78, 5) is 30.1. The van der Waals surface area contributed by atoms with E-state index >= 15 is 0 Å². The van der Waals surface area contributed by atoms with Crippen LogP contribution in [0, 0.1) is 12.7 Å². The highest BCUT2D eigenvalue weighted by atomic mass is 79.9. The molecule has 0 unspecified atom stereocenters.